The molecule has 1 aliphatic heterocycles. The van der Waals surface area contributed by atoms with Gasteiger partial charge >= 0.3 is 0 Å². The summed E-state index contributed by atoms with van der Waals surface area (Å²) in [6.07, 6.45) is 1.24. The Morgan fingerprint density at radius 1 is 1.19 bits per heavy atom. The van der Waals surface area contributed by atoms with Gasteiger partial charge in [-0.3, -0.25) is 9.69 Å². The Morgan fingerprint density at radius 2 is 1.86 bits per heavy atom. The average Bonchev–Trinajstić information content (AvgIpc) is 2.42. The molecule has 0 aromatic rings. The van der Waals surface area contributed by atoms with Crippen LogP contribution in [0.2, 0.25) is 0 Å². The van der Waals surface area contributed by atoms with E-state index in [-0.39, 0.29) is 12.5 Å². The number of carbonyl (C=O) groups is 1. The highest BCUT2D eigenvalue weighted by atomic mass is 32.2. The minimum atomic E-state index is -3.07. The molecule has 0 spiro atoms. The van der Waals surface area contributed by atoms with Gasteiger partial charge in [0.1, 0.15) is 6.61 Å². The molecule has 0 aromatic carbocycles. The number of hydrogen-bond acceptors (Lipinski definition) is 6. The monoisotopic (exact) mass is 323 g/mol. The molecular formula is C12H25N3O5S. The average molecular weight is 323 g/mol. The summed E-state index contributed by atoms with van der Waals surface area (Å²) in [5.41, 5.74) is 0. The van der Waals surface area contributed by atoms with E-state index in [1.54, 1.807) is 0 Å². The Hall–Kier alpha value is -0.740. The van der Waals surface area contributed by atoms with Crippen LogP contribution in [0.5, 0.6) is 0 Å². The van der Waals surface area contributed by atoms with Crippen molar-refractivity contribution in [1.82, 2.24) is 14.5 Å². The van der Waals surface area contributed by atoms with Crippen LogP contribution in [0.1, 0.15) is 0 Å². The van der Waals surface area contributed by atoms with Gasteiger partial charge in [-0.25, -0.2) is 8.42 Å². The molecule has 1 aliphatic rings. The maximum absolute atomic E-state index is 11.4. The van der Waals surface area contributed by atoms with Crippen LogP contribution in [0, 0.1) is 0 Å². The second-order valence-corrected chi connectivity index (χ2v) is 6.88. The summed E-state index contributed by atoms with van der Waals surface area (Å²) in [6, 6.07) is 0. The molecule has 0 unspecified atom stereocenters. The summed E-state index contributed by atoms with van der Waals surface area (Å²) in [5, 5.41) is 2.67. The van der Waals surface area contributed by atoms with Crippen molar-refractivity contribution in [3.05, 3.63) is 0 Å². The van der Waals surface area contributed by atoms with E-state index in [1.165, 1.54) is 17.7 Å². The van der Waals surface area contributed by atoms with Gasteiger partial charge in [0.05, 0.1) is 19.5 Å². The van der Waals surface area contributed by atoms with Gasteiger partial charge in [-0.2, -0.15) is 4.31 Å². The van der Waals surface area contributed by atoms with Crippen molar-refractivity contribution in [2.24, 2.45) is 0 Å². The molecule has 0 atom stereocenters. The van der Waals surface area contributed by atoms with Gasteiger partial charge in [0.15, 0.2) is 0 Å². The second kappa shape index (κ2) is 9.31. The molecule has 124 valence electrons. The van der Waals surface area contributed by atoms with Gasteiger partial charge in [-0.05, 0) is 0 Å². The minimum absolute atomic E-state index is 0.0601. The molecule has 0 saturated carbocycles. The molecule has 8 nitrogen and oxygen atoms in total. The number of ether oxygens (including phenoxy) is 2. The highest BCUT2D eigenvalue weighted by molar-refractivity contribution is 7.88. The standard InChI is InChI=1S/C12H25N3O5S/c1-19-11-12(16)13-3-9-20-10-8-14-4-6-15(7-5-14)21(2,17)18/h3-11H2,1-2H3,(H,13,16). The number of sulfonamides is 1. The number of rotatable bonds is 9. The maximum atomic E-state index is 11.4. The Bertz CT molecular complexity index is 407. The largest absolute Gasteiger partial charge is 0.378 e. The van der Waals surface area contributed by atoms with Crippen LogP contribution in [-0.4, -0.2) is 96.0 Å². The summed E-state index contributed by atoms with van der Waals surface area (Å²) in [4.78, 5) is 13.3. The quantitative estimate of drug-likeness (QED) is 0.511. The molecule has 9 heteroatoms. The van der Waals surface area contributed by atoms with Crippen LogP contribution in [0.15, 0.2) is 0 Å². The SMILES string of the molecule is COCC(=O)NCCOCCN1CCN(S(C)(=O)=O)CC1. The van der Waals surface area contributed by atoms with Gasteiger partial charge in [0, 0.05) is 46.4 Å². The van der Waals surface area contributed by atoms with Crippen molar-refractivity contribution in [2.75, 3.05) is 72.5 Å². The van der Waals surface area contributed by atoms with Crippen molar-refractivity contribution in [1.29, 1.82) is 0 Å². The van der Waals surface area contributed by atoms with Crippen molar-refractivity contribution in [3.63, 3.8) is 0 Å². The van der Waals surface area contributed by atoms with Gasteiger partial charge < -0.3 is 14.8 Å². The van der Waals surface area contributed by atoms with Crippen molar-refractivity contribution < 1.29 is 22.7 Å². The lowest BCUT2D eigenvalue weighted by Crippen LogP contribution is -2.49. The molecule has 1 N–H and O–H groups in total. The van der Waals surface area contributed by atoms with Crippen LogP contribution in [-0.2, 0) is 24.3 Å². The number of nitrogens with one attached hydrogen (secondary N) is 1. The Kier molecular flexibility index (Phi) is 8.12. The first kappa shape index (κ1) is 18.3. The van der Waals surface area contributed by atoms with Crippen LogP contribution in [0.3, 0.4) is 0 Å². The van der Waals surface area contributed by atoms with E-state index in [9.17, 15) is 13.2 Å². The zero-order valence-corrected chi connectivity index (χ0v) is 13.5. The molecule has 0 bridgehead atoms. The Balaban J connectivity index is 2.01. The lowest BCUT2D eigenvalue weighted by Gasteiger charge is -2.33. The highest BCUT2D eigenvalue weighted by Gasteiger charge is 2.22. The van der Waals surface area contributed by atoms with E-state index in [0.717, 1.165) is 19.6 Å². The summed E-state index contributed by atoms with van der Waals surface area (Å²) in [7, 11) is -1.60. The molecule has 1 rings (SSSR count). The fourth-order valence-corrected chi connectivity index (χ4v) is 2.85. The third-order valence-electron chi connectivity index (χ3n) is 3.20. The number of hydrogen-bond donors (Lipinski definition) is 1. The smallest absolute Gasteiger partial charge is 0.246 e. The van der Waals surface area contributed by atoms with Crippen LogP contribution >= 0.6 is 0 Å². The normalized spacial score (nSPS) is 17.8. The second-order valence-electron chi connectivity index (χ2n) is 4.90. The number of piperazine rings is 1. The van der Waals surface area contributed by atoms with Crippen LogP contribution < -0.4 is 5.32 Å². The number of amides is 1. The van der Waals surface area contributed by atoms with Crippen LogP contribution in [0.4, 0.5) is 0 Å². The molecule has 1 fully saturated rings. The Morgan fingerprint density at radius 3 is 2.43 bits per heavy atom. The number of carbonyl (C=O) groups excluding carboxylic acids is 1. The Labute approximate surface area is 126 Å². The predicted octanol–water partition coefficient (Wildman–Crippen LogP) is -1.66. The lowest BCUT2D eigenvalue weighted by molar-refractivity contribution is -0.124. The maximum Gasteiger partial charge on any atom is 0.246 e. The van der Waals surface area contributed by atoms with E-state index in [4.69, 9.17) is 4.74 Å². The highest BCUT2D eigenvalue weighted by Crippen LogP contribution is 2.05. The van der Waals surface area contributed by atoms with Crippen molar-refractivity contribution in [2.45, 2.75) is 0 Å². The third-order valence-corrected chi connectivity index (χ3v) is 4.50. The van der Waals surface area contributed by atoms with E-state index >= 15 is 0 Å². The van der Waals surface area contributed by atoms with Gasteiger partial charge in [-0.1, -0.05) is 0 Å². The first-order chi connectivity index (χ1) is 9.93. The lowest BCUT2D eigenvalue weighted by atomic mass is 10.3. The van der Waals surface area contributed by atoms with E-state index < -0.39 is 10.0 Å². The summed E-state index contributed by atoms with van der Waals surface area (Å²) < 4.78 is 34.3. The zero-order chi connectivity index (χ0) is 15.7. The summed E-state index contributed by atoms with van der Waals surface area (Å²) in [5.74, 6) is -0.155. The topological polar surface area (TPSA) is 88.2 Å². The van der Waals surface area contributed by atoms with E-state index in [2.05, 4.69) is 15.0 Å². The minimum Gasteiger partial charge on any atom is -0.378 e. The van der Waals surface area contributed by atoms with E-state index in [0.29, 0.717) is 32.8 Å². The first-order valence-electron chi connectivity index (χ1n) is 6.94. The number of nitrogens with zero attached hydrogens (tertiary/aromatic N) is 2. The van der Waals surface area contributed by atoms with Gasteiger partial charge in [0.2, 0.25) is 15.9 Å². The molecule has 1 amide bonds. The molecule has 0 aromatic heterocycles. The van der Waals surface area contributed by atoms with Gasteiger partial charge in [-0.15, -0.1) is 0 Å². The van der Waals surface area contributed by atoms with E-state index in [1.807, 2.05) is 0 Å². The molecule has 21 heavy (non-hydrogen) atoms. The van der Waals surface area contributed by atoms with Crippen molar-refractivity contribution >= 4 is 15.9 Å². The molecular weight excluding hydrogens is 298 g/mol. The summed E-state index contributed by atoms with van der Waals surface area (Å²) in [6.45, 7) is 4.83. The fourth-order valence-electron chi connectivity index (χ4n) is 2.03. The molecule has 0 radical (unpaired) electrons. The molecule has 1 saturated heterocycles. The molecule has 0 aliphatic carbocycles. The fraction of sp³-hybridized carbons (Fsp3) is 0.917. The van der Waals surface area contributed by atoms with Crippen molar-refractivity contribution in [3.8, 4) is 0 Å². The third kappa shape index (κ3) is 7.72. The zero-order valence-electron chi connectivity index (χ0n) is 12.7. The first-order valence-corrected chi connectivity index (χ1v) is 8.79. The predicted molar refractivity (Wildman–Crippen MR) is 78.6 cm³/mol. The van der Waals surface area contributed by atoms with Crippen LogP contribution in [0.25, 0.3) is 0 Å². The molecule has 1 heterocycles. The number of methoxy groups -OCH3 is 1. The van der Waals surface area contributed by atoms with Gasteiger partial charge in [0.25, 0.3) is 0 Å². The summed E-state index contributed by atoms with van der Waals surface area (Å²) >= 11 is 0.